The van der Waals surface area contributed by atoms with Gasteiger partial charge < -0.3 is 5.11 Å². The first-order valence-corrected chi connectivity index (χ1v) is 8.82. The van der Waals surface area contributed by atoms with Gasteiger partial charge in [-0.25, -0.2) is 0 Å². The summed E-state index contributed by atoms with van der Waals surface area (Å²) >= 11 is 0. The van der Waals surface area contributed by atoms with Gasteiger partial charge in [-0.3, -0.25) is 4.79 Å². The first kappa shape index (κ1) is 14.4. The summed E-state index contributed by atoms with van der Waals surface area (Å²) in [4.78, 5) is 12.1. The van der Waals surface area contributed by atoms with Crippen molar-refractivity contribution in [2.24, 2.45) is 11.3 Å². The molecule has 0 heterocycles. The van der Waals surface area contributed by atoms with Gasteiger partial charge in [0.1, 0.15) is 5.78 Å². The summed E-state index contributed by atoms with van der Waals surface area (Å²) in [7, 11) is 0. The average molecular weight is 298 g/mol. The number of carbonyl (C=O) groups is 1. The first-order valence-electron chi connectivity index (χ1n) is 8.82. The molecule has 1 N–H and O–H groups in total. The standard InChI is InChI=1S/C20H26O2/c1-12(21)18-7-8-19-17-5-3-13-11-14(22)4-6-15(13)16(17)9-10-20(18,19)2/h3,5,14,18-19,22H,4,6-11H2,1-2H3/t14?,18?,19-,20+/m0/s1. The zero-order chi connectivity index (χ0) is 15.5. The highest BCUT2D eigenvalue weighted by Gasteiger charge is 2.51. The maximum absolute atomic E-state index is 12.1. The number of aliphatic hydroxyl groups is 1. The van der Waals surface area contributed by atoms with Crippen LogP contribution in [-0.4, -0.2) is 17.0 Å². The predicted molar refractivity (Wildman–Crippen MR) is 87.0 cm³/mol. The van der Waals surface area contributed by atoms with E-state index < -0.39 is 0 Å². The predicted octanol–water partition coefficient (Wildman–Crippen LogP) is 3.57. The van der Waals surface area contributed by atoms with Crippen molar-refractivity contribution >= 4 is 5.78 Å². The van der Waals surface area contributed by atoms with E-state index in [9.17, 15) is 9.90 Å². The molecule has 0 aromatic heterocycles. The normalized spacial score (nSPS) is 36.4. The molecule has 0 saturated heterocycles. The summed E-state index contributed by atoms with van der Waals surface area (Å²) in [6.45, 7) is 4.13. The Morgan fingerprint density at radius 2 is 2.00 bits per heavy atom. The number of hydrogen-bond donors (Lipinski definition) is 1. The van der Waals surface area contributed by atoms with E-state index in [2.05, 4.69) is 19.1 Å². The minimum Gasteiger partial charge on any atom is -0.393 e. The van der Waals surface area contributed by atoms with Crippen LogP contribution in [0.15, 0.2) is 12.1 Å². The average Bonchev–Trinajstić information content (AvgIpc) is 2.84. The number of rotatable bonds is 1. The molecule has 4 rings (SSSR count). The van der Waals surface area contributed by atoms with Crippen molar-refractivity contribution in [2.45, 2.75) is 70.8 Å². The van der Waals surface area contributed by atoms with Crippen molar-refractivity contribution in [2.75, 3.05) is 0 Å². The van der Waals surface area contributed by atoms with E-state index in [0.717, 1.165) is 44.9 Å². The number of ketones is 1. The van der Waals surface area contributed by atoms with E-state index in [0.29, 0.717) is 11.7 Å². The van der Waals surface area contributed by atoms with Gasteiger partial charge >= 0.3 is 0 Å². The topological polar surface area (TPSA) is 37.3 Å². The summed E-state index contributed by atoms with van der Waals surface area (Å²) in [5.74, 6) is 1.19. The molecule has 0 amide bonds. The molecule has 2 heteroatoms. The molecule has 1 aromatic carbocycles. The first-order chi connectivity index (χ1) is 10.5. The van der Waals surface area contributed by atoms with Crippen LogP contribution in [0.4, 0.5) is 0 Å². The lowest BCUT2D eigenvalue weighted by atomic mass is 9.61. The van der Waals surface area contributed by atoms with Crippen LogP contribution >= 0.6 is 0 Å². The number of fused-ring (bicyclic) bond motifs is 5. The monoisotopic (exact) mass is 298 g/mol. The molecule has 22 heavy (non-hydrogen) atoms. The number of carbonyl (C=O) groups excluding carboxylic acids is 1. The van der Waals surface area contributed by atoms with E-state index in [4.69, 9.17) is 0 Å². The van der Waals surface area contributed by atoms with E-state index in [-0.39, 0.29) is 17.4 Å². The second kappa shape index (κ2) is 4.92. The van der Waals surface area contributed by atoms with E-state index >= 15 is 0 Å². The highest BCUT2D eigenvalue weighted by atomic mass is 16.3. The van der Waals surface area contributed by atoms with Gasteiger partial charge in [0.2, 0.25) is 0 Å². The van der Waals surface area contributed by atoms with Gasteiger partial charge in [0.05, 0.1) is 6.10 Å². The van der Waals surface area contributed by atoms with Crippen LogP contribution in [0, 0.1) is 11.3 Å². The quantitative estimate of drug-likeness (QED) is 0.860. The van der Waals surface area contributed by atoms with Crippen LogP contribution in [0.3, 0.4) is 0 Å². The van der Waals surface area contributed by atoms with Crippen molar-refractivity contribution in [3.05, 3.63) is 34.4 Å². The highest BCUT2D eigenvalue weighted by Crippen LogP contribution is 2.59. The lowest BCUT2D eigenvalue weighted by molar-refractivity contribution is -0.124. The summed E-state index contributed by atoms with van der Waals surface area (Å²) in [6.07, 6.45) is 7.08. The summed E-state index contributed by atoms with van der Waals surface area (Å²) in [5, 5.41) is 9.91. The molecule has 4 atom stereocenters. The number of aliphatic hydroxyl groups excluding tert-OH is 1. The van der Waals surface area contributed by atoms with Crippen molar-refractivity contribution < 1.29 is 9.90 Å². The molecule has 0 radical (unpaired) electrons. The third-order valence-corrected chi connectivity index (χ3v) is 6.86. The van der Waals surface area contributed by atoms with Crippen LogP contribution in [0.1, 0.15) is 67.7 Å². The van der Waals surface area contributed by atoms with E-state index in [1.165, 1.54) is 16.7 Å². The van der Waals surface area contributed by atoms with Gasteiger partial charge in [0, 0.05) is 5.92 Å². The lowest BCUT2D eigenvalue weighted by Gasteiger charge is -2.42. The Morgan fingerprint density at radius 3 is 2.77 bits per heavy atom. The SMILES string of the molecule is CC(=O)C1CC[C@H]2c3ccc4c(c3CC[C@]12C)CCC(O)C4. The molecular formula is C20H26O2. The minimum atomic E-state index is -0.159. The molecule has 2 nitrogen and oxygen atoms in total. The molecule has 3 aliphatic carbocycles. The molecule has 0 bridgehead atoms. The van der Waals surface area contributed by atoms with Crippen LogP contribution < -0.4 is 0 Å². The Morgan fingerprint density at radius 1 is 1.18 bits per heavy atom. The Hall–Kier alpha value is -1.15. The fourth-order valence-electron chi connectivity index (χ4n) is 5.71. The smallest absolute Gasteiger partial charge is 0.133 e. The summed E-state index contributed by atoms with van der Waals surface area (Å²) in [6, 6.07) is 4.57. The van der Waals surface area contributed by atoms with Crippen molar-refractivity contribution in [1.29, 1.82) is 0 Å². The molecule has 1 aromatic rings. The van der Waals surface area contributed by atoms with Crippen LogP contribution in [-0.2, 0) is 24.1 Å². The number of hydrogen-bond acceptors (Lipinski definition) is 2. The molecule has 118 valence electrons. The van der Waals surface area contributed by atoms with E-state index in [1.807, 2.05) is 0 Å². The van der Waals surface area contributed by atoms with Gasteiger partial charge in [-0.05, 0) is 85.5 Å². The molecule has 2 unspecified atom stereocenters. The third-order valence-electron chi connectivity index (χ3n) is 6.86. The van der Waals surface area contributed by atoms with Crippen LogP contribution in [0.2, 0.25) is 0 Å². The zero-order valence-electron chi connectivity index (χ0n) is 13.7. The number of Topliss-reactive ketones (excluding diaryl/α,β-unsaturated/α-hetero) is 1. The Balaban J connectivity index is 1.77. The highest BCUT2D eigenvalue weighted by molar-refractivity contribution is 5.80. The molecular weight excluding hydrogens is 272 g/mol. The maximum Gasteiger partial charge on any atom is 0.133 e. The van der Waals surface area contributed by atoms with E-state index in [1.54, 1.807) is 12.5 Å². The zero-order valence-corrected chi connectivity index (χ0v) is 13.7. The lowest BCUT2D eigenvalue weighted by Crippen LogP contribution is -2.36. The van der Waals surface area contributed by atoms with Crippen LogP contribution in [0.25, 0.3) is 0 Å². The van der Waals surface area contributed by atoms with Crippen molar-refractivity contribution in [3.63, 3.8) is 0 Å². The summed E-state index contributed by atoms with van der Waals surface area (Å²) < 4.78 is 0. The van der Waals surface area contributed by atoms with Crippen molar-refractivity contribution in [3.8, 4) is 0 Å². The van der Waals surface area contributed by atoms with Crippen LogP contribution in [0.5, 0.6) is 0 Å². The Kier molecular flexibility index (Phi) is 3.23. The fourth-order valence-corrected chi connectivity index (χ4v) is 5.71. The fraction of sp³-hybridized carbons (Fsp3) is 0.650. The van der Waals surface area contributed by atoms with Gasteiger partial charge in [0.25, 0.3) is 0 Å². The second-order valence-electron chi connectivity index (χ2n) is 7.97. The number of benzene rings is 1. The second-order valence-corrected chi connectivity index (χ2v) is 7.97. The third kappa shape index (κ3) is 1.93. The summed E-state index contributed by atoms with van der Waals surface area (Å²) in [5.41, 5.74) is 6.14. The van der Waals surface area contributed by atoms with Gasteiger partial charge in [-0.1, -0.05) is 19.1 Å². The minimum absolute atomic E-state index is 0.159. The molecule has 3 aliphatic rings. The molecule has 1 fully saturated rings. The molecule has 1 saturated carbocycles. The molecule has 0 aliphatic heterocycles. The maximum atomic E-state index is 12.1. The Bertz CT molecular complexity index is 633. The van der Waals surface area contributed by atoms with Gasteiger partial charge in [-0.2, -0.15) is 0 Å². The Labute approximate surface area is 132 Å². The van der Waals surface area contributed by atoms with Crippen molar-refractivity contribution in [1.82, 2.24) is 0 Å². The van der Waals surface area contributed by atoms with Gasteiger partial charge in [0.15, 0.2) is 0 Å². The molecule has 0 spiro atoms. The largest absolute Gasteiger partial charge is 0.393 e. The van der Waals surface area contributed by atoms with Gasteiger partial charge in [-0.15, -0.1) is 0 Å².